The Bertz CT molecular complexity index is 714. The molecule has 0 saturated carbocycles. The summed E-state index contributed by atoms with van der Waals surface area (Å²) in [6.07, 6.45) is 0. The van der Waals surface area contributed by atoms with Gasteiger partial charge in [0.1, 0.15) is 0 Å². The molecule has 0 heterocycles. The number of nitrogens with zero attached hydrogens (tertiary/aromatic N) is 1. The van der Waals surface area contributed by atoms with E-state index in [1.807, 2.05) is 73.3 Å². The molecule has 0 radical (unpaired) electrons. The molecule has 0 unspecified atom stereocenters. The zero-order valence-electron chi connectivity index (χ0n) is 15.0. The van der Waals surface area contributed by atoms with Gasteiger partial charge in [-0.05, 0) is 37.6 Å². The number of anilines is 2. The van der Waals surface area contributed by atoms with Gasteiger partial charge in [0.25, 0.3) is 0 Å². The largest absolute Gasteiger partial charge is 0.376 e. The van der Waals surface area contributed by atoms with Gasteiger partial charge in [-0.1, -0.05) is 36.4 Å². The van der Waals surface area contributed by atoms with Gasteiger partial charge in [0.05, 0.1) is 6.54 Å². The first-order valence-corrected chi connectivity index (χ1v) is 8.40. The fourth-order valence-corrected chi connectivity index (χ4v) is 2.53. The van der Waals surface area contributed by atoms with Crippen molar-refractivity contribution in [1.82, 2.24) is 4.90 Å². The molecule has 0 aromatic heterocycles. The average Bonchev–Trinajstić information content (AvgIpc) is 2.58. The quantitative estimate of drug-likeness (QED) is 0.812. The van der Waals surface area contributed by atoms with E-state index in [-0.39, 0.29) is 24.4 Å². The van der Waals surface area contributed by atoms with Crippen molar-refractivity contribution in [1.29, 1.82) is 0 Å². The molecule has 5 heteroatoms. The molecular weight excluding hydrogens is 314 g/mol. The summed E-state index contributed by atoms with van der Waals surface area (Å²) in [5, 5.41) is 5.87. The number of rotatable bonds is 7. The third-order valence-electron chi connectivity index (χ3n) is 3.77. The minimum Gasteiger partial charge on any atom is -0.376 e. The maximum absolute atomic E-state index is 12.6. The first-order chi connectivity index (χ1) is 12.0. The van der Waals surface area contributed by atoms with Crippen LogP contribution >= 0.6 is 0 Å². The molecule has 0 fully saturated rings. The van der Waals surface area contributed by atoms with E-state index in [0.29, 0.717) is 12.2 Å². The maximum atomic E-state index is 12.6. The van der Waals surface area contributed by atoms with E-state index >= 15 is 0 Å². The molecule has 0 bridgehead atoms. The molecule has 0 saturated heterocycles. The Kier molecular flexibility index (Phi) is 6.57. The topological polar surface area (TPSA) is 61.4 Å². The van der Waals surface area contributed by atoms with E-state index in [2.05, 4.69) is 10.6 Å². The van der Waals surface area contributed by atoms with Crippen molar-refractivity contribution in [3.05, 3.63) is 60.2 Å². The number of hydrogen-bond acceptors (Lipinski definition) is 3. The Morgan fingerprint density at radius 1 is 1.00 bits per heavy atom. The van der Waals surface area contributed by atoms with Crippen LogP contribution in [-0.4, -0.2) is 29.3 Å². The van der Waals surface area contributed by atoms with Crippen LogP contribution in [0.5, 0.6) is 0 Å². The lowest BCUT2D eigenvalue weighted by Crippen LogP contribution is -2.39. The van der Waals surface area contributed by atoms with E-state index in [4.69, 9.17) is 0 Å². The Hall–Kier alpha value is -2.82. The number of nitrogens with one attached hydrogen (secondary N) is 2. The fraction of sp³-hybridized carbons (Fsp3) is 0.300. The Labute approximate surface area is 149 Å². The molecule has 2 amide bonds. The van der Waals surface area contributed by atoms with Gasteiger partial charge in [-0.15, -0.1) is 0 Å². The van der Waals surface area contributed by atoms with Crippen LogP contribution in [0.3, 0.4) is 0 Å². The van der Waals surface area contributed by atoms with Crippen molar-refractivity contribution in [2.45, 2.75) is 33.4 Å². The van der Waals surface area contributed by atoms with Gasteiger partial charge in [-0.25, -0.2) is 0 Å². The second-order valence-electron chi connectivity index (χ2n) is 6.22. The summed E-state index contributed by atoms with van der Waals surface area (Å²) in [7, 11) is 0. The third kappa shape index (κ3) is 5.95. The van der Waals surface area contributed by atoms with Crippen molar-refractivity contribution in [2.75, 3.05) is 17.2 Å². The summed E-state index contributed by atoms with van der Waals surface area (Å²) in [5.41, 5.74) is 2.61. The van der Waals surface area contributed by atoms with Gasteiger partial charge < -0.3 is 15.5 Å². The van der Waals surface area contributed by atoms with Crippen molar-refractivity contribution < 1.29 is 9.59 Å². The highest BCUT2D eigenvalue weighted by molar-refractivity contribution is 5.89. The summed E-state index contributed by atoms with van der Waals surface area (Å²) < 4.78 is 0. The molecule has 2 aromatic carbocycles. The van der Waals surface area contributed by atoms with Gasteiger partial charge in [0.2, 0.25) is 11.8 Å². The standard InChI is InChI=1S/C20H25N3O2/c1-15(2)23(14-17-8-5-4-6-9-17)20(25)13-21-18-10-7-11-19(12-18)22-16(3)24/h4-12,15,21H,13-14H2,1-3H3,(H,22,24). The first-order valence-electron chi connectivity index (χ1n) is 8.40. The zero-order chi connectivity index (χ0) is 18.2. The smallest absolute Gasteiger partial charge is 0.242 e. The van der Waals surface area contributed by atoms with Crippen LogP contribution in [0.25, 0.3) is 0 Å². The highest BCUT2D eigenvalue weighted by atomic mass is 16.2. The van der Waals surface area contributed by atoms with Gasteiger partial charge >= 0.3 is 0 Å². The van der Waals surface area contributed by atoms with Crippen LogP contribution in [0, 0.1) is 0 Å². The maximum Gasteiger partial charge on any atom is 0.242 e. The minimum absolute atomic E-state index is 0.0313. The molecule has 0 aliphatic rings. The van der Waals surface area contributed by atoms with Crippen LogP contribution in [0.4, 0.5) is 11.4 Å². The van der Waals surface area contributed by atoms with Gasteiger partial charge in [0.15, 0.2) is 0 Å². The number of benzene rings is 2. The molecule has 0 aliphatic heterocycles. The summed E-state index contributed by atoms with van der Waals surface area (Å²) in [4.78, 5) is 25.6. The SMILES string of the molecule is CC(=O)Nc1cccc(NCC(=O)N(Cc2ccccc2)C(C)C)c1. The number of hydrogen-bond donors (Lipinski definition) is 2. The molecule has 0 atom stereocenters. The van der Waals surface area contributed by atoms with Crippen molar-refractivity contribution >= 4 is 23.2 Å². The molecule has 0 spiro atoms. The van der Waals surface area contributed by atoms with E-state index in [1.165, 1.54) is 6.92 Å². The molecule has 132 valence electrons. The van der Waals surface area contributed by atoms with Crippen LogP contribution < -0.4 is 10.6 Å². The van der Waals surface area contributed by atoms with Gasteiger partial charge in [-0.3, -0.25) is 9.59 Å². The third-order valence-corrected chi connectivity index (χ3v) is 3.77. The molecular formula is C20H25N3O2. The van der Waals surface area contributed by atoms with E-state index in [1.54, 1.807) is 0 Å². The van der Waals surface area contributed by atoms with Crippen LogP contribution in [0.15, 0.2) is 54.6 Å². The number of carbonyl (C=O) groups excluding carboxylic acids is 2. The van der Waals surface area contributed by atoms with Crippen molar-refractivity contribution in [2.24, 2.45) is 0 Å². The fourth-order valence-electron chi connectivity index (χ4n) is 2.53. The Morgan fingerprint density at radius 2 is 1.68 bits per heavy atom. The summed E-state index contributed by atoms with van der Waals surface area (Å²) in [6.45, 7) is 6.28. The molecule has 2 aromatic rings. The molecule has 2 rings (SSSR count). The van der Waals surface area contributed by atoms with E-state index < -0.39 is 0 Å². The van der Waals surface area contributed by atoms with E-state index in [0.717, 1.165) is 11.3 Å². The first kappa shape index (κ1) is 18.5. The van der Waals surface area contributed by atoms with Gasteiger partial charge in [-0.2, -0.15) is 0 Å². The normalized spacial score (nSPS) is 10.4. The lowest BCUT2D eigenvalue weighted by Gasteiger charge is -2.27. The summed E-state index contributed by atoms with van der Waals surface area (Å²) in [6, 6.07) is 17.4. The molecule has 2 N–H and O–H groups in total. The van der Waals surface area contributed by atoms with Crippen molar-refractivity contribution in [3.8, 4) is 0 Å². The number of amides is 2. The molecule has 0 aliphatic carbocycles. The Morgan fingerprint density at radius 3 is 2.32 bits per heavy atom. The summed E-state index contributed by atoms with van der Waals surface area (Å²) >= 11 is 0. The lowest BCUT2D eigenvalue weighted by molar-refractivity contribution is -0.131. The second kappa shape index (κ2) is 8.87. The highest BCUT2D eigenvalue weighted by Crippen LogP contribution is 2.15. The van der Waals surface area contributed by atoms with E-state index in [9.17, 15) is 9.59 Å². The zero-order valence-corrected chi connectivity index (χ0v) is 15.0. The number of carbonyl (C=O) groups is 2. The lowest BCUT2D eigenvalue weighted by atomic mass is 10.2. The highest BCUT2D eigenvalue weighted by Gasteiger charge is 2.17. The average molecular weight is 339 g/mol. The van der Waals surface area contributed by atoms with Crippen LogP contribution in [-0.2, 0) is 16.1 Å². The predicted molar refractivity (Wildman–Crippen MR) is 101 cm³/mol. The monoisotopic (exact) mass is 339 g/mol. The second-order valence-corrected chi connectivity index (χ2v) is 6.22. The van der Waals surface area contributed by atoms with Crippen molar-refractivity contribution in [3.63, 3.8) is 0 Å². The van der Waals surface area contributed by atoms with Crippen LogP contribution in [0.1, 0.15) is 26.3 Å². The predicted octanol–water partition coefficient (Wildman–Crippen LogP) is 3.49. The van der Waals surface area contributed by atoms with Crippen LogP contribution in [0.2, 0.25) is 0 Å². The minimum atomic E-state index is -0.123. The summed E-state index contributed by atoms with van der Waals surface area (Å²) in [5.74, 6) is -0.0918. The molecule has 5 nitrogen and oxygen atoms in total. The Balaban J connectivity index is 1.98. The molecule has 25 heavy (non-hydrogen) atoms. The van der Waals surface area contributed by atoms with Gasteiger partial charge in [0, 0.05) is 30.9 Å².